The normalized spacial score (nSPS) is 13.3. The Morgan fingerprint density at radius 3 is 2.05 bits per heavy atom. The summed E-state index contributed by atoms with van der Waals surface area (Å²) in [6, 6.07) is 20.0. The number of hydrogen-bond donors (Lipinski definition) is 2. The molecule has 0 aliphatic carbocycles. The number of carboxylic acids is 2. The SMILES string of the molecule is COc1ccc(CN2CCN(C(=O)COc3ccc4ccccc4c3)CC2)cc1OC.O=C(O)C(=O)O. The third kappa shape index (κ3) is 7.84. The van der Waals surface area contributed by atoms with E-state index in [9.17, 15) is 4.79 Å². The van der Waals surface area contributed by atoms with Crippen molar-refractivity contribution in [2.75, 3.05) is 47.0 Å². The molecule has 0 saturated carbocycles. The first kappa shape index (κ1) is 27.3. The van der Waals surface area contributed by atoms with Crippen molar-refractivity contribution >= 4 is 28.6 Å². The Hall–Kier alpha value is -4.31. The number of aliphatic carboxylic acids is 2. The molecule has 3 aromatic carbocycles. The van der Waals surface area contributed by atoms with Gasteiger partial charge in [-0.15, -0.1) is 0 Å². The number of amides is 1. The summed E-state index contributed by atoms with van der Waals surface area (Å²) in [5.41, 5.74) is 1.16. The minimum atomic E-state index is -1.82. The third-order valence-electron chi connectivity index (χ3n) is 5.85. The zero-order chi connectivity index (χ0) is 26.8. The molecule has 0 bridgehead atoms. The average molecular weight is 511 g/mol. The average Bonchev–Trinajstić information content (AvgIpc) is 2.92. The van der Waals surface area contributed by atoms with Gasteiger partial charge in [-0.1, -0.05) is 36.4 Å². The van der Waals surface area contributed by atoms with E-state index in [1.165, 1.54) is 0 Å². The fraction of sp³-hybridized carbons (Fsp3) is 0.296. The molecule has 2 N–H and O–H groups in total. The van der Waals surface area contributed by atoms with Crippen LogP contribution in [0.1, 0.15) is 5.56 Å². The maximum absolute atomic E-state index is 12.6. The summed E-state index contributed by atoms with van der Waals surface area (Å²) >= 11 is 0. The number of piperazine rings is 1. The second-order valence-corrected chi connectivity index (χ2v) is 8.25. The number of nitrogens with zero attached hydrogens (tertiary/aromatic N) is 2. The van der Waals surface area contributed by atoms with Crippen LogP contribution in [0.3, 0.4) is 0 Å². The first-order valence-electron chi connectivity index (χ1n) is 11.6. The van der Waals surface area contributed by atoms with E-state index in [0.29, 0.717) is 13.1 Å². The topological polar surface area (TPSA) is 126 Å². The van der Waals surface area contributed by atoms with Gasteiger partial charge in [-0.3, -0.25) is 9.69 Å². The lowest BCUT2D eigenvalue weighted by atomic mass is 10.1. The van der Waals surface area contributed by atoms with E-state index in [1.54, 1.807) is 14.2 Å². The molecule has 0 spiro atoms. The van der Waals surface area contributed by atoms with Crippen LogP contribution in [-0.2, 0) is 20.9 Å². The molecule has 1 saturated heterocycles. The highest BCUT2D eigenvalue weighted by molar-refractivity contribution is 6.27. The van der Waals surface area contributed by atoms with Crippen LogP contribution in [-0.4, -0.2) is 84.9 Å². The van der Waals surface area contributed by atoms with E-state index in [4.69, 9.17) is 34.0 Å². The van der Waals surface area contributed by atoms with E-state index >= 15 is 0 Å². The maximum Gasteiger partial charge on any atom is 0.414 e. The molecule has 0 unspecified atom stereocenters. The van der Waals surface area contributed by atoms with Crippen LogP contribution in [0.4, 0.5) is 0 Å². The summed E-state index contributed by atoms with van der Waals surface area (Å²) in [7, 11) is 3.28. The van der Waals surface area contributed by atoms with Crippen molar-refractivity contribution in [1.82, 2.24) is 9.80 Å². The number of carbonyl (C=O) groups excluding carboxylic acids is 1. The summed E-state index contributed by atoms with van der Waals surface area (Å²) < 4.78 is 16.5. The largest absolute Gasteiger partial charge is 0.493 e. The predicted octanol–water partition coefficient (Wildman–Crippen LogP) is 2.74. The van der Waals surface area contributed by atoms with E-state index in [1.807, 2.05) is 53.4 Å². The Balaban J connectivity index is 0.000000568. The molecule has 196 valence electrons. The molecule has 1 amide bonds. The van der Waals surface area contributed by atoms with Crippen molar-refractivity contribution in [1.29, 1.82) is 0 Å². The van der Waals surface area contributed by atoms with Crippen LogP contribution in [0.2, 0.25) is 0 Å². The van der Waals surface area contributed by atoms with E-state index in [-0.39, 0.29) is 12.5 Å². The second kappa shape index (κ2) is 13.1. The van der Waals surface area contributed by atoms with Gasteiger partial charge in [0.15, 0.2) is 18.1 Å². The first-order valence-corrected chi connectivity index (χ1v) is 11.6. The van der Waals surface area contributed by atoms with Crippen molar-refractivity contribution in [3.8, 4) is 17.2 Å². The zero-order valence-corrected chi connectivity index (χ0v) is 20.8. The lowest BCUT2D eigenvalue weighted by Crippen LogP contribution is -2.49. The maximum atomic E-state index is 12.6. The Labute approximate surface area is 214 Å². The number of ether oxygens (including phenoxy) is 3. The molecule has 37 heavy (non-hydrogen) atoms. The lowest BCUT2D eigenvalue weighted by molar-refractivity contribution is -0.159. The first-order chi connectivity index (χ1) is 17.8. The molecule has 0 atom stereocenters. The van der Waals surface area contributed by atoms with Gasteiger partial charge in [-0.05, 0) is 40.6 Å². The fourth-order valence-corrected chi connectivity index (χ4v) is 3.89. The molecule has 10 nitrogen and oxygen atoms in total. The van der Waals surface area contributed by atoms with E-state index in [0.717, 1.165) is 53.2 Å². The second-order valence-electron chi connectivity index (χ2n) is 8.25. The molecule has 1 aliphatic heterocycles. The Kier molecular flexibility index (Phi) is 9.68. The molecule has 1 aliphatic rings. The lowest BCUT2D eigenvalue weighted by Gasteiger charge is -2.34. The van der Waals surface area contributed by atoms with Crippen molar-refractivity contribution in [2.24, 2.45) is 0 Å². The van der Waals surface area contributed by atoms with Gasteiger partial charge in [0.05, 0.1) is 14.2 Å². The van der Waals surface area contributed by atoms with Gasteiger partial charge in [0.1, 0.15) is 5.75 Å². The van der Waals surface area contributed by atoms with Crippen LogP contribution in [0.25, 0.3) is 10.8 Å². The van der Waals surface area contributed by atoms with Crippen LogP contribution in [0, 0.1) is 0 Å². The molecule has 1 heterocycles. The predicted molar refractivity (Wildman–Crippen MR) is 136 cm³/mol. The Morgan fingerprint density at radius 1 is 0.784 bits per heavy atom. The van der Waals surface area contributed by atoms with Crippen LogP contribution >= 0.6 is 0 Å². The van der Waals surface area contributed by atoms with E-state index in [2.05, 4.69) is 17.0 Å². The van der Waals surface area contributed by atoms with Gasteiger partial charge < -0.3 is 29.3 Å². The highest BCUT2D eigenvalue weighted by atomic mass is 16.5. The molecule has 4 rings (SSSR count). The van der Waals surface area contributed by atoms with Crippen molar-refractivity contribution in [3.63, 3.8) is 0 Å². The molecular weight excluding hydrogens is 480 g/mol. The number of fused-ring (bicyclic) bond motifs is 1. The van der Waals surface area contributed by atoms with Crippen LogP contribution in [0.15, 0.2) is 60.7 Å². The van der Waals surface area contributed by atoms with E-state index < -0.39 is 11.9 Å². The summed E-state index contributed by atoms with van der Waals surface area (Å²) in [6.07, 6.45) is 0. The number of methoxy groups -OCH3 is 2. The number of carbonyl (C=O) groups is 3. The summed E-state index contributed by atoms with van der Waals surface area (Å²) in [6.45, 7) is 3.94. The smallest absolute Gasteiger partial charge is 0.414 e. The molecule has 0 aromatic heterocycles. The molecular formula is C27H30N2O8. The number of carboxylic acid groups (broad SMARTS) is 2. The highest BCUT2D eigenvalue weighted by Crippen LogP contribution is 2.28. The quantitative estimate of drug-likeness (QED) is 0.462. The molecule has 3 aromatic rings. The Bertz CT molecular complexity index is 1230. The monoisotopic (exact) mass is 510 g/mol. The number of benzene rings is 3. The highest BCUT2D eigenvalue weighted by Gasteiger charge is 2.22. The van der Waals surface area contributed by atoms with Gasteiger partial charge in [-0.25, -0.2) is 9.59 Å². The van der Waals surface area contributed by atoms with Crippen LogP contribution < -0.4 is 14.2 Å². The zero-order valence-electron chi connectivity index (χ0n) is 20.8. The molecule has 1 fully saturated rings. The summed E-state index contributed by atoms with van der Waals surface area (Å²) in [5.74, 6) is -1.43. The minimum absolute atomic E-state index is 0.0268. The molecule has 10 heteroatoms. The summed E-state index contributed by atoms with van der Waals surface area (Å²) in [4.78, 5) is 35.0. The van der Waals surface area contributed by atoms with Crippen LogP contribution in [0.5, 0.6) is 17.2 Å². The minimum Gasteiger partial charge on any atom is -0.493 e. The van der Waals surface area contributed by atoms with Gasteiger partial charge in [0.25, 0.3) is 5.91 Å². The van der Waals surface area contributed by atoms with Gasteiger partial charge in [-0.2, -0.15) is 0 Å². The number of hydrogen-bond acceptors (Lipinski definition) is 7. The van der Waals surface area contributed by atoms with Gasteiger partial charge >= 0.3 is 11.9 Å². The number of rotatable bonds is 7. The van der Waals surface area contributed by atoms with Gasteiger partial charge in [0, 0.05) is 32.7 Å². The molecule has 0 radical (unpaired) electrons. The summed E-state index contributed by atoms with van der Waals surface area (Å²) in [5, 5.41) is 17.0. The van der Waals surface area contributed by atoms with Crippen molar-refractivity contribution < 1.29 is 38.8 Å². The van der Waals surface area contributed by atoms with Gasteiger partial charge in [0.2, 0.25) is 0 Å². The standard InChI is InChI=1S/C25H28N2O4.C2H2O4/c1-29-23-10-7-19(15-24(23)30-2)17-26-11-13-27(14-12-26)25(28)18-31-22-9-8-20-5-3-4-6-21(20)16-22;3-1(4)2(5)6/h3-10,15-16H,11-14,17-18H2,1-2H3;(H,3,4)(H,5,6). The van der Waals surface area contributed by atoms with Crippen molar-refractivity contribution in [2.45, 2.75) is 6.54 Å². The third-order valence-corrected chi connectivity index (χ3v) is 5.85. The van der Waals surface area contributed by atoms with Crippen molar-refractivity contribution in [3.05, 3.63) is 66.2 Å². The fourth-order valence-electron chi connectivity index (χ4n) is 3.89. The Morgan fingerprint density at radius 2 is 1.43 bits per heavy atom.